The molecule has 0 saturated heterocycles. The second-order valence-corrected chi connectivity index (χ2v) is 10.0. The number of esters is 1. The minimum Gasteiger partial charge on any atom is -0.459 e. The normalized spacial score (nSPS) is 12.3. The van der Waals surface area contributed by atoms with E-state index in [0.29, 0.717) is 19.6 Å². The van der Waals surface area contributed by atoms with Gasteiger partial charge in [-0.2, -0.15) is 0 Å². The highest BCUT2D eigenvalue weighted by atomic mass is 16.6. The van der Waals surface area contributed by atoms with E-state index in [2.05, 4.69) is 29.2 Å². The van der Waals surface area contributed by atoms with Crippen LogP contribution in [-0.2, 0) is 38.8 Å². The molecule has 3 aromatic carbocycles. The number of Topliss-reactive ketones (excluding diaryl/α,β-unsaturated/α-hetero) is 1. The molecular weight excluding hydrogens is 450 g/mol. The van der Waals surface area contributed by atoms with Crippen molar-refractivity contribution in [2.24, 2.45) is 5.92 Å². The summed E-state index contributed by atoms with van der Waals surface area (Å²) >= 11 is 0. The molecule has 0 aliphatic heterocycles. The van der Waals surface area contributed by atoms with Crippen LogP contribution < -0.4 is 0 Å². The summed E-state index contributed by atoms with van der Waals surface area (Å²) in [7, 11) is 0. The number of hydrogen-bond donors (Lipinski definition) is 0. The summed E-state index contributed by atoms with van der Waals surface area (Å²) in [5, 5.41) is 0. The molecule has 5 heteroatoms. The van der Waals surface area contributed by atoms with Crippen molar-refractivity contribution in [2.75, 3.05) is 13.2 Å². The smallest absolute Gasteiger partial charge is 0.317 e. The highest BCUT2D eigenvalue weighted by Gasteiger charge is 2.31. The summed E-state index contributed by atoms with van der Waals surface area (Å²) in [6.07, 6.45) is 0.363. The van der Waals surface area contributed by atoms with Crippen LogP contribution in [0.1, 0.15) is 43.9 Å². The van der Waals surface area contributed by atoms with Crippen molar-refractivity contribution in [3.8, 4) is 0 Å². The molecule has 0 N–H and O–H groups in total. The fourth-order valence-corrected chi connectivity index (χ4v) is 3.94. The Kier molecular flexibility index (Phi) is 10.4. The molecular formula is C31H37NO4. The van der Waals surface area contributed by atoms with Crippen molar-refractivity contribution in [1.82, 2.24) is 4.90 Å². The number of benzene rings is 3. The highest BCUT2D eigenvalue weighted by molar-refractivity contribution is 5.99. The van der Waals surface area contributed by atoms with Crippen LogP contribution in [-0.4, -0.2) is 35.4 Å². The number of carbonyl (C=O) groups is 2. The zero-order valence-corrected chi connectivity index (χ0v) is 21.6. The minimum atomic E-state index is -0.881. The molecule has 5 nitrogen and oxygen atoms in total. The summed E-state index contributed by atoms with van der Waals surface area (Å²) in [6, 6.07) is 30.1. The standard InChI is InChI=1S/C31H37NO4/c1-31(2,3)36-30(34)28(29(33)24-35-23-27-17-11-6-12-18-27)19-20-32(21-25-13-7-4-8-14-25)22-26-15-9-5-10-16-26/h4-18,28H,19-24H2,1-3H3. The van der Waals surface area contributed by atoms with Crippen molar-refractivity contribution in [3.05, 3.63) is 108 Å². The first-order valence-corrected chi connectivity index (χ1v) is 12.5. The predicted octanol–water partition coefficient (Wildman–Crippen LogP) is 5.82. The van der Waals surface area contributed by atoms with E-state index in [1.54, 1.807) is 0 Å². The Balaban J connectivity index is 1.69. The van der Waals surface area contributed by atoms with Crippen molar-refractivity contribution >= 4 is 11.8 Å². The van der Waals surface area contributed by atoms with Crippen LogP contribution in [0.4, 0.5) is 0 Å². The first kappa shape index (κ1) is 27.3. The van der Waals surface area contributed by atoms with Gasteiger partial charge in [-0.3, -0.25) is 14.5 Å². The molecule has 36 heavy (non-hydrogen) atoms. The molecule has 0 amide bonds. The lowest BCUT2D eigenvalue weighted by atomic mass is 9.99. The van der Waals surface area contributed by atoms with Crippen LogP contribution in [0.5, 0.6) is 0 Å². The fourth-order valence-electron chi connectivity index (χ4n) is 3.94. The van der Waals surface area contributed by atoms with Crippen LogP contribution in [0.15, 0.2) is 91.0 Å². The molecule has 1 atom stereocenters. The summed E-state index contributed by atoms with van der Waals surface area (Å²) in [5.41, 5.74) is 2.67. The summed E-state index contributed by atoms with van der Waals surface area (Å²) < 4.78 is 11.3. The predicted molar refractivity (Wildman–Crippen MR) is 142 cm³/mol. The monoisotopic (exact) mass is 487 g/mol. The van der Waals surface area contributed by atoms with Gasteiger partial charge in [0, 0.05) is 19.6 Å². The number of ether oxygens (including phenoxy) is 2. The maximum Gasteiger partial charge on any atom is 0.317 e. The third kappa shape index (κ3) is 9.76. The van der Waals surface area contributed by atoms with E-state index in [0.717, 1.165) is 18.7 Å². The lowest BCUT2D eigenvalue weighted by Crippen LogP contribution is -2.37. The molecule has 0 heterocycles. The van der Waals surface area contributed by atoms with Crippen molar-refractivity contribution in [2.45, 2.75) is 52.5 Å². The summed E-state index contributed by atoms with van der Waals surface area (Å²) in [5.74, 6) is -1.62. The third-order valence-electron chi connectivity index (χ3n) is 5.67. The van der Waals surface area contributed by atoms with E-state index in [1.165, 1.54) is 11.1 Å². The van der Waals surface area contributed by atoms with Crippen LogP contribution in [0.2, 0.25) is 0 Å². The first-order chi connectivity index (χ1) is 17.3. The molecule has 0 radical (unpaired) electrons. The summed E-state index contributed by atoms with van der Waals surface area (Å²) in [6.45, 7) is 7.64. The van der Waals surface area contributed by atoms with Gasteiger partial charge in [-0.15, -0.1) is 0 Å². The Hall–Kier alpha value is -3.28. The molecule has 0 aliphatic carbocycles. The Morgan fingerprint density at radius 1 is 0.750 bits per heavy atom. The molecule has 0 aromatic heterocycles. The average molecular weight is 488 g/mol. The molecule has 0 aliphatic rings. The number of carbonyl (C=O) groups excluding carboxylic acids is 2. The zero-order valence-electron chi connectivity index (χ0n) is 21.6. The first-order valence-electron chi connectivity index (χ1n) is 12.5. The van der Waals surface area contributed by atoms with E-state index in [9.17, 15) is 9.59 Å². The maximum atomic E-state index is 13.1. The molecule has 0 fully saturated rings. The fraction of sp³-hybridized carbons (Fsp3) is 0.355. The molecule has 3 aromatic rings. The van der Waals surface area contributed by atoms with Gasteiger partial charge in [0.15, 0.2) is 5.78 Å². The lowest BCUT2D eigenvalue weighted by Gasteiger charge is -2.27. The Labute approximate surface area is 215 Å². The SMILES string of the molecule is CC(C)(C)OC(=O)C(CCN(Cc1ccccc1)Cc1ccccc1)C(=O)COCc1ccccc1. The molecule has 190 valence electrons. The van der Waals surface area contributed by atoms with E-state index in [4.69, 9.17) is 9.47 Å². The second kappa shape index (κ2) is 13.7. The highest BCUT2D eigenvalue weighted by Crippen LogP contribution is 2.18. The molecule has 0 bridgehead atoms. The van der Waals surface area contributed by atoms with Gasteiger partial charge in [-0.05, 0) is 43.9 Å². The van der Waals surface area contributed by atoms with E-state index in [-0.39, 0.29) is 12.4 Å². The topological polar surface area (TPSA) is 55.8 Å². The molecule has 1 unspecified atom stereocenters. The Bertz CT molecular complexity index is 1020. The van der Waals surface area contributed by atoms with E-state index < -0.39 is 17.5 Å². The van der Waals surface area contributed by atoms with Gasteiger partial charge in [-0.25, -0.2) is 0 Å². The molecule has 0 saturated carbocycles. The number of hydrogen-bond acceptors (Lipinski definition) is 5. The van der Waals surface area contributed by atoms with Crippen LogP contribution in [0.25, 0.3) is 0 Å². The van der Waals surface area contributed by atoms with Crippen molar-refractivity contribution in [3.63, 3.8) is 0 Å². The van der Waals surface area contributed by atoms with Gasteiger partial charge < -0.3 is 9.47 Å². The number of nitrogens with zero attached hydrogens (tertiary/aromatic N) is 1. The van der Waals surface area contributed by atoms with Crippen LogP contribution in [0.3, 0.4) is 0 Å². The Morgan fingerprint density at radius 2 is 1.22 bits per heavy atom. The Morgan fingerprint density at radius 3 is 1.69 bits per heavy atom. The quantitative estimate of drug-likeness (QED) is 0.225. The second-order valence-electron chi connectivity index (χ2n) is 10.0. The zero-order chi connectivity index (χ0) is 25.8. The van der Waals surface area contributed by atoms with E-state index in [1.807, 2.05) is 87.5 Å². The van der Waals surface area contributed by atoms with Gasteiger partial charge in [0.1, 0.15) is 18.1 Å². The van der Waals surface area contributed by atoms with Gasteiger partial charge in [0.05, 0.1) is 6.61 Å². The third-order valence-corrected chi connectivity index (χ3v) is 5.67. The minimum absolute atomic E-state index is 0.129. The maximum absolute atomic E-state index is 13.1. The van der Waals surface area contributed by atoms with Gasteiger partial charge in [0.2, 0.25) is 0 Å². The van der Waals surface area contributed by atoms with Crippen molar-refractivity contribution < 1.29 is 19.1 Å². The van der Waals surface area contributed by atoms with Crippen molar-refractivity contribution in [1.29, 1.82) is 0 Å². The molecule has 3 rings (SSSR count). The largest absolute Gasteiger partial charge is 0.459 e. The number of ketones is 1. The summed E-state index contributed by atoms with van der Waals surface area (Å²) in [4.78, 5) is 28.5. The average Bonchev–Trinajstić information content (AvgIpc) is 2.85. The van der Waals surface area contributed by atoms with Crippen LogP contribution >= 0.6 is 0 Å². The van der Waals surface area contributed by atoms with Gasteiger partial charge in [-0.1, -0.05) is 91.0 Å². The van der Waals surface area contributed by atoms with E-state index >= 15 is 0 Å². The van der Waals surface area contributed by atoms with Crippen LogP contribution in [0, 0.1) is 5.92 Å². The van der Waals surface area contributed by atoms with Gasteiger partial charge in [0.25, 0.3) is 0 Å². The lowest BCUT2D eigenvalue weighted by molar-refractivity contribution is -0.163. The van der Waals surface area contributed by atoms with Gasteiger partial charge >= 0.3 is 5.97 Å². The number of rotatable bonds is 13. The molecule has 0 spiro atoms.